The maximum absolute atomic E-state index is 12.6. The first kappa shape index (κ1) is 33.7. The third-order valence-electron chi connectivity index (χ3n) is 6.36. The molecule has 0 amide bonds. The van der Waals surface area contributed by atoms with Crippen molar-refractivity contribution in [3.8, 4) is 0 Å². The molecule has 11 nitrogen and oxygen atoms in total. The highest BCUT2D eigenvalue weighted by Gasteiger charge is 2.50. The van der Waals surface area contributed by atoms with Crippen LogP contribution in [0.4, 0.5) is 0 Å². The lowest BCUT2D eigenvalue weighted by molar-refractivity contribution is -0.311. The average Bonchev–Trinajstić information content (AvgIpc) is 2.89. The number of unbranched alkanes of at least 4 members (excludes halogenated alkanes) is 8. The predicted molar refractivity (Wildman–Crippen MR) is 133 cm³/mol. The van der Waals surface area contributed by atoms with Crippen molar-refractivity contribution >= 4 is 11.9 Å². The van der Waals surface area contributed by atoms with Gasteiger partial charge in [-0.15, -0.1) is 0 Å². The number of aliphatic hydroxyl groups is 5. The Morgan fingerprint density at radius 2 is 1.30 bits per heavy atom. The van der Waals surface area contributed by atoms with Gasteiger partial charge in [-0.1, -0.05) is 65.2 Å². The molecule has 218 valence electrons. The Morgan fingerprint density at radius 1 is 0.784 bits per heavy atom. The van der Waals surface area contributed by atoms with E-state index in [1.165, 1.54) is 0 Å². The second kappa shape index (κ2) is 19.7. The van der Waals surface area contributed by atoms with Gasteiger partial charge in [0.05, 0.1) is 19.8 Å². The molecule has 7 atom stereocenters. The van der Waals surface area contributed by atoms with Crippen molar-refractivity contribution in [2.75, 3.05) is 19.8 Å². The van der Waals surface area contributed by atoms with Gasteiger partial charge in [-0.3, -0.25) is 9.59 Å². The summed E-state index contributed by atoms with van der Waals surface area (Å²) in [5.41, 5.74) is 0. The van der Waals surface area contributed by atoms with E-state index in [1.54, 1.807) is 0 Å². The number of hydrogen-bond donors (Lipinski definition) is 5. The maximum Gasteiger partial charge on any atom is 0.306 e. The van der Waals surface area contributed by atoms with Crippen LogP contribution in [0.5, 0.6) is 0 Å². The van der Waals surface area contributed by atoms with Crippen LogP contribution in [0, 0.1) is 0 Å². The van der Waals surface area contributed by atoms with E-state index in [-0.39, 0.29) is 12.8 Å². The molecule has 0 spiro atoms. The van der Waals surface area contributed by atoms with Crippen LogP contribution in [-0.2, 0) is 28.5 Å². The summed E-state index contributed by atoms with van der Waals surface area (Å²) in [6.45, 7) is 2.33. The monoisotopic (exact) mass is 536 g/mol. The molecule has 0 aromatic rings. The molecule has 5 N–H and O–H groups in total. The third kappa shape index (κ3) is 12.8. The molecule has 0 bridgehead atoms. The molecule has 0 radical (unpaired) electrons. The van der Waals surface area contributed by atoms with E-state index in [2.05, 4.69) is 13.8 Å². The highest BCUT2D eigenvalue weighted by Crippen LogP contribution is 2.28. The van der Waals surface area contributed by atoms with Crippen molar-refractivity contribution in [2.45, 2.75) is 134 Å². The molecule has 1 saturated heterocycles. The molecule has 1 aliphatic heterocycles. The lowest BCUT2D eigenvalue weighted by Crippen LogP contribution is -2.62. The van der Waals surface area contributed by atoms with Crippen LogP contribution in [0.3, 0.4) is 0 Å². The molecule has 2 unspecified atom stereocenters. The molecule has 11 heteroatoms. The smallest absolute Gasteiger partial charge is 0.306 e. The highest BCUT2D eigenvalue weighted by molar-refractivity contribution is 5.70. The van der Waals surface area contributed by atoms with Gasteiger partial charge in [-0.2, -0.15) is 0 Å². The van der Waals surface area contributed by atoms with Crippen LogP contribution in [0.1, 0.15) is 90.9 Å². The van der Waals surface area contributed by atoms with Gasteiger partial charge in [-0.25, -0.2) is 0 Å². The van der Waals surface area contributed by atoms with Gasteiger partial charge in [0.25, 0.3) is 0 Å². The van der Waals surface area contributed by atoms with Crippen molar-refractivity contribution in [2.24, 2.45) is 0 Å². The predicted octanol–water partition coefficient (Wildman–Crippen LogP) is 1.34. The summed E-state index contributed by atoms with van der Waals surface area (Å²) in [5, 5.41) is 49.1. The molecule has 0 saturated carbocycles. The summed E-state index contributed by atoms with van der Waals surface area (Å²) >= 11 is 0. The molecule has 0 aromatic heterocycles. The second-order valence-electron chi connectivity index (χ2n) is 9.60. The van der Waals surface area contributed by atoms with Crippen molar-refractivity contribution in [3.63, 3.8) is 0 Å². The zero-order valence-electron chi connectivity index (χ0n) is 22.3. The van der Waals surface area contributed by atoms with Crippen LogP contribution < -0.4 is 0 Å². The number of carbonyl (C=O) groups excluding carboxylic acids is 2. The van der Waals surface area contributed by atoms with E-state index in [0.29, 0.717) is 12.8 Å². The first-order chi connectivity index (χ1) is 17.8. The van der Waals surface area contributed by atoms with Gasteiger partial charge in [-0.05, 0) is 12.8 Å². The van der Waals surface area contributed by atoms with E-state index in [9.17, 15) is 30.0 Å². The summed E-state index contributed by atoms with van der Waals surface area (Å²) in [4.78, 5) is 25.2. The number of esters is 2. The normalized spacial score (nSPS) is 25.4. The second-order valence-corrected chi connectivity index (χ2v) is 9.60. The fourth-order valence-electron chi connectivity index (χ4n) is 4.03. The first-order valence-electron chi connectivity index (χ1n) is 13.7. The van der Waals surface area contributed by atoms with Crippen molar-refractivity contribution < 1.29 is 54.1 Å². The van der Waals surface area contributed by atoms with Crippen molar-refractivity contribution in [1.29, 1.82) is 0 Å². The lowest BCUT2D eigenvalue weighted by atomic mass is 9.98. The van der Waals surface area contributed by atoms with Crippen LogP contribution >= 0.6 is 0 Å². The van der Waals surface area contributed by atoms with Crippen LogP contribution in [0.2, 0.25) is 0 Å². The zero-order valence-corrected chi connectivity index (χ0v) is 22.3. The van der Waals surface area contributed by atoms with Crippen LogP contribution in [0.25, 0.3) is 0 Å². The van der Waals surface area contributed by atoms with Gasteiger partial charge >= 0.3 is 11.9 Å². The average molecular weight is 537 g/mol. The summed E-state index contributed by atoms with van der Waals surface area (Å²) in [6, 6.07) is 0. The largest absolute Gasteiger partial charge is 0.455 e. The number of carbonyl (C=O) groups is 2. The van der Waals surface area contributed by atoms with Gasteiger partial charge in [0, 0.05) is 12.8 Å². The zero-order chi connectivity index (χ0) is 27.6. The molecule has 0 aliphatic carbocycles. The third-order valence-corrected chi connectivity index (χ3v) is 6.36. The summed E-state index contributed by atoms with van der Waals surface area (Å²) < 4.78 is 22.2. The standard InChI is InChI=1S/C26H48O11/c1-3-5-7-9-11-13-21(31)36-24-23(33)20(16-28)35-26(34-17-19(30)18(29)15-27)25(24)37-22(32)14-12-10-8-6-4-2/h18-20,23-30,33H,3-17H2,1-2H3/t18?,19?,20-,23-,24+,25+,26-/m1/s1. The number of aliphatic hydroxyl groups excluding tert-OH is 5. The SMILES string of the molecule is CCCCCCCC(=O)O[C@@H]1[C@H](OCC(O)C(O)CO)O[C@H](CO)[C@@H](O)[C@@H]1OC(=O)CCCCCCC. The van der Waals surface area contributed by atoms with E-state index in [0.717, 1.165) is 51.4 Å². The minimum Gasteiger partial charge on any atom is -0.455 e. The van der Waals surface area contributed by atoms with E-state index in [4.69, 9.17) is 24.1 Å². The molecule has 0 aromatic carbocycles. The van der Waals surface area contributed by atoms with E-state index >= 15 is 0 Å². The number of ether oxygens (including phenoxy) is 4. The molecule has 37 heavy (non-hydrogen) atoms. The van der Waals surface area contributed by atoms with Gasteiger partial charge < -0.3 is 44.5 Å². The fourth-order valence-corrected chi connectivity index (χ4v) is 4.03. The van der Waals surface area contributed by atoms with Gasteiger partial charge in [0.1, 0.15) is 24.4 Å². The Labute approximate surface area is 220 Å². The Morgan fingerprint density at radius 3 is 1.78 bits per heavy atom. The van der Waals surface area contributed by atoms with Crippen molar-refractivity contribution in [3.05, 3.63) is 0 Å². The lowest BCUT2D eigenvalue weighted by Gasteiger charge is -2.43. The van der Waals surface area contributed by atoms with Crippen LogP contribution in [-0.4, -0.2) is 100 Å². The quantitative estimate of drug-likeness (QED) is 0.112. The van der Waals surface area contributed by atoms with Gasteiger partial charge in [0.15, 0.2) is 18.5 Å². The van der Waals surface area contributed by atoms with Crippen LogP contribution in [0.15, 0.2) is 0 Å². The van der Waals surface area contributed by atoms with Crippen molar-refractivity contribution in [1.82, 2.24) is 0 Å². The van der Waals surface area contributed by atoms with Gasteiger partial charge in [0.2, 0.25) is 0 Å². The molecular formula is C26H48O11. The molecule has 1 rings (SSSR count). The van der Waals surface area contributed by atoms with E-state index in [1.807, 2.05) is 0 Å². The Balaban J connectivity index is 2.94. The molecule has 1 fully saturated rings. The van der Waals surface area contributed by atoms with E-state index < -0.39 is 74.7 Å². The first-order valence-corrected chi connectivity index (χ1v) is 13.7. The fraction of sp³-hybridized carbons (Fsp3) is 0.923. The highest BCUT2D eigenvalue weighted by atomic mass is 16.7. The molecular weight excluding hydrogens is 488 g/mol. The number of rotatable bonds is 20. The minimum atomic E-state index is -1.50. The summed E-state index contributed by atoms with van der Waals surface area (Å²) in [5.74, 6) is -1.18. The molecule has 1 heterocycles. The summed E-state index contributed by atoms with van der Waals surface area (Å²) in [6.07, 6.45) is -0.445. The molecule has 1 aliphatic rings. The topological polar surface area (TPSA) is 172 Å². The maximum atomic E-state index is 12.6. The number of hydrogen-bond acceptors (Lipinski definition) is 11. The summed E-state index contributed by atoms with van der Waals surface area (Å²) in [7, 11) is 0. The minimum absolute atomic E-state index is 0.108. The Hall–Kier alpha value is -1.34. The Kier molecular flexibility index (Phi) is 17.9. The Bertz CT molecular complexity index is 617.